The molecule has 0 saturated heterocycles. The van der Waals surface area contributed by atoms with Crippen molar-refractivity contribution in [3.63, 3.8) is 0 Å². The van der Waals surface area contributed by atoms with E-state index in [4.69, 9.17) is 0 Å². The standard InChI is InChI=1S/C17H14N2.Ni/c1-2-9-17(19-16-12-7-4-8-13-16)14-18-15-10-5-3-6-11-15;/h3-8,10-14H,1H3;. The van der Waals surface area contributed by atoms with Crippen LogP contribution >= 0.6 is 0 Å². The van der Waals surface area contributed by atoms with Crippen LogP contribution in [-0.4, -0.2) is 11.9 Å². The number of hydrogen-bond acceptors (Lipinski definition) is 2. The Bertz CT molecular complexity index is 635. The number of rotatable bonds is 3. The van der Waals surface area contributed by atoms with Crippen molar-refractivity contribution in [2.75, 3.05) is 0 Å². The van der Waals surface area contributed by atoms with E-state index in [-0.39, 0.29) is 16.5 Å². The van der Waals surface area contributed by atoms with Crippen molar-refractivity contribution < 1.29 is 16.5 Å². The second kappa shape index (κ2) is 8.85. The molecule has 0 aromatic heterocycles. The van der Waals surface area contributed by atoms with E-state index in [1.807, 2.05) is 60.7 Å². The van der Waals surface area contributed by atoms with Crippen molar-refractivity contribution in [3.05, 3.63) is 60.7 Å². The summed E-state index contributed by atoms with van der Waals surface area (Å²) in [5, 5.41) is 0. The third kappa shape index (κ3) is 5.22. The first-order chi connectivity index (χ1) is 9.38. The van der Waals surface area contributed by atoms with E-state index in [2.05, 4.69) is 21.8 Å². The summed E-state index contributed by atoms with van der Waals surface area (Å²) < 4.78 is 0. The maximum absolute atomic E-state index is 4.46. The van der Waals surface area contributed by atoms with Gasteiger partial charge in [0, 0.05) is 16.5 Å². The second-order valence-electron chi connectivity index (χ2n) is 3.80. The van der Waals surface area contributed by atoms with Gasteiger partial charge in [0.2, 0.25) is 0 Å². The molecule has 0 aliphatic carbocycles. The normalized spacial score (nSPS) is 10.6. The van der Waals surface area contributed by atoms with Gasteiger partial charge in [-0.15, -0.1) is 0 Å². The third-order valence-electron chi connectivity index (χ3n) is 2.35. The Morgan fingerprint density at radius 1 is 0.900 bits per heavy atom. The molecule has 0 atom stereocenters. The van der Waals surface area contributed by atoms with Crippen molar-refractivity contribution >= 4 is 23.3 Å². The molecule has 0 aliphatic heterocycles. The molecule has 3 heteroatoms. The Balaban J connectivity index is 0.00000200. The topological polar surface area (TPSA) is 24.7 Å². The van der Waals surface area contributed by atoms with Crippen molar-refractivity contribution in [2.24, 2.45) is 9.98 Å². The molecule has 0 amide bonds. The molecule has 102 valence electrons. The first-order valence-corrected chi connectivity index (χ1v) is 6.04. The Morgan fingerprint density at radius 3 is 2.00 bits per heavy atom. The molecule has 20 heavy (non-hydrogen) atoms. The van der Waals surface area contributed by atoms with Gasteiger partial charge < -0.3 is 0 Å². The summed E-state index contributed by atoms with van der Waals surface area (Å²) in [6.45, 7) is 1.79. The number of benzene rings is 2. The number of aliphatic imine (C=N–C) groups is 2. The van der Waals surface area contributed by atoms with Gasteiger partial charge in [-0.05, 0) is 37.1 Å². The molecule has 0 spiro atoms. The molecule has 2 aromatic rings. The summed E-state index contributed by atoms with van der Waals surface area (Å²) in [4.78, 5) is 8.82. The van der Waals surface area contributed by atoms with Crippen LogP contribution in [0.5, 0.6) is 0 Å². The quantitative estimate of drug-likeness (QED) is 0.462. The van der Waals surface area contributed by atoms with E-state index in [0.717, 1.165) is 11.4 Å². The van der Waals surface area contributed by atoms with Gasteiger partial charge >= 0.3 is 0 Å². The molecule has 2 rings (SSSR count). The van der Waals surface area contributed by atoms with E-state index in [0.29, 0.717) is 5.71 Å². The van der Waals surface area contributed by atoms with E-state index in [9.17, 15) is 0 Å². The molecule has 0 aliphatic rings. The van der Waals surface area contributed by atoms with Gasteiger partial charge in [-0.25, -0.2) is 4.99 Å². The average Bonchev–Trinajstić information content (AvgIpc) is 2.47. The number of para-hydroxylation sites is 2. The smallest absolute Gasteiger partial charge is 0.132 e. The summed E-state index contributed by atoms with van der Waals surface area (Å²) in [5.41, 5.74) is 2.42. The summed E-state index contributed by atoms with van der Waals surface area (Å²) in [7, 11) is 0. The van der Waals surface area contributed by atoms with Gasteiger partial charge in [-0.2, -0.15) is 0 Å². The first kappa shape index (κ1) is 15.9. The molecule has 0 unspecified atom stereocenters. The maximum Gasteiger partial charge on any atom is 0.132 e. The predicted molar refractivity (Wildman–Crippen MR) is 81.6 cm³/mol. The van der Waals surface area contributed by atoms with Crippen LogP contribution in [0.4, 0.5) is 11.4 Å². The monoisotopic (exact) mass is 304 g/mol. The second-order valence-corrected chi connectivity index (χ2v) is 3.80. The molecule has 2 nitrogen and oxygen atoms in total. The Kier molecular flexibility index (Phi) is 7.03. The summed E-state index contributed by atoms with van der Waals surface area (Å²) >= 11 is 0. The van der Waals surface area contributed by atoms with Crippen LogP contribution in [0.2, 0.25) is 0 Å². The van der Waals surface area contributed by atoms with Gasteiger partial charge in [0.15, 0.2) is 0 Å². The molecule has 0 N–H and O–H groups in total. The maximum atomic E-state index is 4.46. The minimum absolute atomic E-state index is 0. The summed E-state index contributed by atoms with van der Waals surface area (Å²) in [6, 6.07) is 19.5. The Hall–Kier alpha value is -2.17. The van der Waals surface area contributed by atoms with Crippen LogP contribution in [0.1, 0.15) is 6.92 Å². The fraction of sp³-hybridized carbons (Fsp3) is 0.0588. The summed E-state index contributed by atoms with van der Waals surface area (Å²) in [5.74, 6) is 5.80. The SMILES string of the molecule is CC#CC(C=Nc1ccccc1)=Nc1ccccc1.[Ni]. The zero-order valence-corrected chi connectivity index (χ0v) is 12.0. The molecule has 0 bridgehead atoms. The number of nitrogens with zero attached hydrogens (tertiary/aromatic N) is 2. The van der Waals surface area contributed by atoms with Crippen LogP contribution in [-0.2, 0) is 16.5 Å². The molecule has 0 heterocycles. The van der Waals surface area contributed by atoms with Gasteiger partial charge in [-0.1, -0.05) is 42.3 Å². The van der Waals surface area contributed by atoms with Crippen LogP contribution in [0.25, 0.3) is 0 Å². The Labute approximate surface area is 129 Å². The molecular weight excluding hydrogens is 291 g/mol. The zero-order chi connectivity index (χ0) is 13.3. The van der Waals surface area contributed by atoms with Crippen LogP contribution in [0, 0.1) is 11.8 Å². The van der Waals surface area contributed by atoms with Crippen LogP contribution < -0.4 is 0 Å². The van der Waals surface area contributed by atoms with E-state index in [1.165, 1.54) is 0 Å². The van der Waals surface area contributed by atoms with Gasteiger partial charge in [0.25, 0.3) is 0 Å². The largest absolute Gasteiger partial charge is 0.254 e. The van der Waals surface area contributed by atoms with Gasteiger partial charge in [0.05, 0.1) is 17.6 Å². The van der Waals surface area contributed by atoms with Crippen LogP contribution in [0.15, 0.2) is 70.6 Å². The Morgan fingerprint density at radius 2 is 1.45 bits per heavy atom. The van der Waals surface area contributed by atoms with E-state index >= 15 is 0 Å². The van der Waals surface area contributed by atoms with Crippen molar-refractivity contribution in [2.45, 2.75) is 6.92 Å². The van der Waals surface area contributed by atoms with Crippen molar-refractivity contribution in [1.82, 2.24) is 0 Å². The minimum Gasteiger partial charge on any atom is -0.254 e. The molecule has 0 fully saturated rings. The minimum atomic E-state index is 0. The molecule has 0 radical (unpaired) electrons. The number of hydrogen-bond donors (Lipinski definition) is 0. The van der Waals surface area contributed by atoms with Crippen LogP contribution in [0.3, 0.4) is 0 Å². The van der Waals surface area contributed by atoms with E-state index < -0.39 is 0 Å². The first-order valence-electron chi connectivity index (χ1n) is 6.04. The van der Waals surface area contributed by atoms with Crippen molar-refractivity contribution in [1.29, 1.82) is 0 Å². The van der Waals surface area contributed by atoms with E-state index in [1.54, 1.807) is 13.1 Å². The van der Waals surface area contributed by atoms with Gasteiger partial charge in [0.1, 0.15) is 5.71 Å². The molecular formula is C17H14N2Ni. The third-order valence-corrected chi connectivity index (χ3v) is 2.35. The fourth-order valence-electron chi connectivity index (χ4n) is 1.51. The average molecular weight is 305 g/mol. The van der Waals surface area contributed by atoms with Crippen molar-refractivity contribution in [3.8, 4) is 11.8 Å². The molecule has 2 aromatic carbocycles. The zero-order valence-electron chi connectivity index (χ0n) is 11.1. The van der Waals surface area contributed by atoms with Gasteiger partial charge in [-0.3, -0.25) is 4.99 Å². The fourth-order valence-corrected chi connectivity index (χ4v) is 1.51. The summed E-state index contributed by atoms with van der Waals surface area (Å²) in [6.07, 6.45) is 1.69. The predicted octanol–water partition coefficient (Wildman–Crippen LogP) is 4.18. The molecule has 0 saturated carbocycles.